The van der Waals surface area contributed by atoms with Crippen molar-refractivity contribution >= 4 is 61.9 Å². The molecule has 0 amide bonds. The van der Waals surface area contributed by atoms with Gasteiger partial charge in [-0.3, -0.25) is 0 Å². The van der Waals surface area contributed by atoms with Gasteiger partial charge in [-0.1, -0.05) is 105 Å². The molecule has 0 aromatic heterocycles. The summed E-state index contributed by atoms with van der Waals surface area (Å²) in [6.07, 6.45) is 1.98. The highest BCUT2D eigenvalue weighted by Crippen LogP contribution is 2.60. The summed E-state index contributed by atoms with van der Waals surface area (Å²) in [4.78, 5) is 17.8. The number of nitrogens with zero attached hydrogens (tertiary/aromatic N) is 3. The molecular weight excluding hydrogens is 823 g/mol. The summed E-state index contributed by atoms with van der Waals surface area (Å²) in [5.41, 5.74) is 7.18. The fourth-order valence-corrected chi connectivity index (χ4v) is 12.2. The summed E-state index contributed by atoms with van der Waals surface area (Å²) < 4.78 is 15.4. The molecule has 0 unspecified atom stereocenters. The van der Waals surface area contributed by atoms with Crippen molar-refractivity contribution in [1.29, 1.82) is 0 Å². The molecule has 6 nitrogen and oxygen atoms in total. The average Bonchev–Trinajstić information content (AvgIpc) is 3.33. The Morgan fingerprint density at radius 2 is 1.24 bits per heavy atom. The lowest BCUT2D eigenvalue weighted by Gasteiger charge is -2.35. The zero-order valence-corrected chi connectivity index (χ0v) is 37.7. The highest BCUT2D eigenvalue weighted by atomic mass is 32.3. The molecule has 0 fully saturated rings. The second-order valence-corrected chi connectivity index (χ2v) is 20.6. The number of benzene rings is 7. The topological polar surface area (TPSA) is 58.0 Å². The number of anilines is 2. The van der Waals surface area contributed by atoms with E-state index in [4.69, 9.17) is 8.70 Å². The van der Waals surface area contributed by atoms with Crippen molar-refractivity contribution in [3.63, 3.8) is 0 Å². The lowest BCUT2D eigenvalue weighted by atomic mass is 9.93. The maximum Gasteiger partial charge on any atom is 0.209 e. The first-order valence-electron chi connectivity index (χ1n) is 21.3. The third kappa shape index (κ3) is 9.81. The van der Waals surface area contributed by atoms with Gasteiger partial charge in [0, 0.05) is 97.1 Å². The summed E-state index contributed by atoms with van der Waals surface area (Å²) in [6, 6.07) is 64.1. The number of hydrogen-bond acceptors (Lipinski definition) is 7. The van der Waals surface area contributed by atoms with E-state index >= 15 is 0 Å². The average molecular weight is 875 g/mol. The van der Waals surface area contributed by atoms with Crippen LogP contribution >= 0.6 is 33.8 Å². The highest BCUT2D eigenvalue weighted by molar-refractivity contribution is 8.29. The summed E-state index contributed by atoms with van der Waals surface area (Å²) >= 11 is 3.78. The first kappa shape index (κ1) is 42.9. The van der Waals surface area contributed by atoms with Gasteiger partial charge in [0.25, 0.3) is 0 Å². The molecule has 0 N–H and O–H groups in total. The van der Waals surface area contributed by atoms with Crippen LogP contribution in [-0.2, 0) is 4.28 Å². The third-order valence-electron chi connectivity index (χ3n) is 11.2. The molecule has 1 aliphatic heterocycles. The van der Waals surface area contributed by atoms with Crippen LogP contribution in [-0.4, -0.2) is 36.1 Å². The maximum absolute atomic E-state index is 11.9. The molecule has 0 saturated heterocycles. The Morgan fingerprint density at radius 3 is 1.90 bits per heavy atom. The Labute approximate surface area is 375 Å². The van der Waals surface area contributed by atoms with E-state index in [0.717, 1.165) is 98.2 Å². The Morgan fingerprint density at radius 1 is 0.629 bits per heavy atom. The maximum atomic E-state index is 11.9. The normalized spacial score (nSPS) is 12.3. The van der Waals surface area contributed by atoms with Gasteiger partial charge in [0.05, 0.1) is 6.07 Å². The highest BCUT2D eigenvalue weighted by Gasteiger charge is 2.31. The fourth-order valence-electron chi connectivity index (χ4n) is 8.10. The molecular formula is C53H52N3O3S3+. The van der Waals surface area contributed by atoms with Crippen LogP contribution in [0.4, 0.5) is 17.1 Å². The largest absolute Gasteiger partial charge is 0.456 e. The second-order valence-electron chi connectivity index (χ2n) is 14.9. The van der Waals surface area contributed by atoms with E-state index in [0.29, 0.717) is 11.5 Å². The van der Waals surface area contributed by atoms with Crippen molar-refractivity contribution in [1.82, 2.24) is 4.58 Å². The molecule has 314 valence electrons. The van der Waals surface area contributed by atoms with Gasteiger partial charge in [-0.2, -0.15) is 4.58 Å². The fraction of sp³-hybridized carbons (Fsp3) is 0.189. The number of fused-ring (bicyclic) bond motifs is 2. The number of thioether (sulfide) groups is 2. The van der Waals surface area contributed by atoms with Crippen LogP contribution in [0.1, 0.15) is 26.7 Å². The van der Waals surface area contributed by atoms with Crippen LogP contribution < -0.4 is 14.8 Å². The first-order valence-corrected chi connectivity index (χ1v) is 25.2. The molecule has 2 aliphatic rings. The van der Waals surface area contributed by atoms with E-state index in [9.17, 15) is 4.91 Å². The molecule has 6 aromatic rings. The predicted octanol–water partition coefficient (Wildman–Crippen LogP) is 14.6. The summed E-state index contributed by atoms with van der Waals surface area (Å²) in [7, 11) is -2.03. The third-order valence-corrected chi connectivity index (χ3v) is 16.8. The lowest BCUT2D eigenvalue weighted by molar-refractivity contribution is 0.377. The van der Waals surface area contributed by atoms with Crippen molar-refractivity contribution in [3.8, 4) is 22.5 Å². The van der Waals surface area contributed by atoms with Crippen molar-refractivity contribution in [3.05, 3.63) is 192 Å². The molecule has 1 heterocycles. The molecule has 62 heavy (non-hydrogen) atoms. The molecule has 6 aromatic carbocycles. The van der Waals surface area contributed by atoms with Gasteiger partial charge in [0.2, 0.25) is 11.0 Å². The molecule has 9 heteroatoms. The van der Waals surface area contributed by atoms with E-state index in [-0.39, 0.29) is 0 Å². The van der Waals surface area contributed by atoms with Crippen LogP contribution in [0, 0.1) is 4.91 Å². The smallest absolute Gasteiger partial charge is 0.209 e. The van der Waals surface area contributed by atoms with Crippen molar-refractivity contribution < 1.29 is 8.70 Å². The van der Waals surface area contributed by atoms with E-state index in [1.54, 1.807) is 0 Å². The summed E-state index contributed by atoms with van der Waals surface area (Å²) in [5.74, 6) is 4.11. The van der Waals surface area contributed by atoms with E-state index < -0.39 is 10.3 Å². The van der Waals surface area contributed by atoms with Crippen molar-refractivity contribution in [2.24, 2.45) is 5.34 Å². The van der Waals surface area contributed by atoms with Crippen molar-refractivity contribution in [2.45, 2.75) is 41.4 Å². The zero-order valence-electron chi connectivity index (χ0n) is 35.3. The minimum Gasteiger partial charge on any atom is -0.456 e. The van der Waals surface area contributed by atoms with E-state index in [1.807, 2.05) is 29.6 Å². The number of hydrogen-bond donors (Lipinski definition) is 0. The number of para-hydroxylation sites is 2. The van der Waals surface area contributed by atoms with Crippen LogP contribution in [0.25, 0.3) is 33.4 Å². The van der Waals surface area contributed by atoms with Crippen LogP contribution in [0.15, 0.2) is 206 Å². The van der Waals surface area contributed by atoms with Crippen LogP contribution in [0.3, 0.4) is 0 Å². The molecule has 0 spiro atoms. The van der Waals surface area contributed by atoms with Crippen molar-refractivity contribution in [2.75, 3.05) is 41.0 Å². The van der Waals surface area contributed by atoms with Gasteiger partial charge in [-0.05, 0) is 88.7 Å². The van der Waals surface area contributed by atoms with Crippen LogP contribution in [0.5, 0.6) is 0 Å². The van der Waals surface area contributed by atoms with Gasteiger partial charge >= 0.3 is 0 Å². The van der Waals surface area contributed by atoms with E-state index in [2.05, 4.69) is 205 Å². The Bertz CT molecular complexity index is 2730. The molecule has 0 saturated carbocycles. The van der Waals surface area contributed by atoms with Gasteiger partial charge < -0.3 is 13.6 Å². The van der Waals surface area contributed by atoms with Crippen LogP contribution in [0.2, 0.25) is 0 Å². The molecule has 8 rings (SSSR count). The quantitative estimate of drug-likeness (QED) is 0.0201. The van der Waals surface area contributed by atoms with E-state index in [1.165, 1.54) is 9.79 Å². The second kappa shape index (κ2) is 20.9. The molecule has 0 atom stereocenters. The predicted molar refractivity (Wildman–Crippen MR) is 265 cm³/mol. The monoisotopic (exact) mass is 874 g/mol. The van der Waals surface area contributed by atoms with Gasteiger partial charge in [0.1, 0.15) is 17.9 Å². The van der Waals surface area contributed by atoms with Gasteiger partial charge in [0.15, 0.2) is 5.34 Å². The molecule has 1 aliphatic carbocycles. The summed E-state index contributed by atoms with van der Waals surface area (Å²) in [6.45, 7) is 5.85. The SMILES string of the molecule is CCS(CC)(ON=O)c1ccccc1-c1c2ccc(=[N+](CCCSc3ccccc3)c3ccccc3)cc-2oc2cc(N(CCCSc3ccccc3)c3ccccc3)ccc12. The minimum atomic E-state index is -2.03. The minimum absolute atomic E-state index is 0.664. The molecule has 0 bridgehead atoms. The number of rotatable bonds is 19. The Balaban J connectivity index is 1.28. The standard InChI is InChI=1S/C53H52N3O3S3/c1-3-62(4-2,59-54-57)52-30-18-17-29-49(52)53-47-33-31-43(55(41-21-9-5-10-22-41)35-19-37-60-45-25-13-7-14-26-45)39-50(47)58-51-40-44(32-34-48(51)53)56(42-23-11-6-12-24-42)36-20-38-61-46-27-15-8-16-28-46/h5-18,21-34,39-40H,3-4,19-20,35-38H2,1-2H3/q+1. The first-order chi connectivity index (χ1) is 30.6. The Hall–Kier alpha value is -5.74. The van der Waals surface area contributed by atoms with Gasteiger partial charge in [-0.25, -0.2) is 0 Å². The lowest BCUT2D eigenvalue weighted by Crippen LogP contribution is -2.27. The zero-order chi connectivity index (χ0) is 42.6. The van der Waals surface area contributed by atoms with Gasteiger partial charge in [-0.15, -0.1) is 28.4 Å². The summed E-state index contributed by atoms with van der Waals surface area (Å²) in [5, 5.41) is 5.11. The Kier molecular flexibility index (Phi) is 14.5. The molecule has 0 radical (unpaired) electrons.